The first-order valence-corrected chi connectivity index (χ1v) is 15.0. The summed E-state index contributed by atoms with van der Waals surface area (Å²) in [7, 11) is 8.49. The lowest BCUT2D eigenvalue weighted by Gasteiger charge is -2.33. The minimum Gasteiger partial charge on any atom is -0.383 e. The van der Waals surface area contributed by atoms with Crippen LogP contribution in [0.4, 0.5) is 23.5 Å². The minimum atomic E-state index is 0.213. The van der Waals surface area contributed by atoms with Crippen LogP contribution >= 0.6 is 0 Å². The third-order valence-electron chi connectivity index (χ3n) is 7.51. The maximum absolute atomic E-state index is 5.66. The largest absolute Gasteiger partial charge is 0.383 e. The number of aryl methyl sites for hydroxylation is 1. The molecule has 0 atom stereocenters. The summed E-state index contributed by atoms with van der Waals surface area (Å²) in [5, 5.41) is 7.48. The highest BCUT2D eigenvalue weighted by atomic mass is 16.5. The predicted molar refractivity (Wildman–Crippen MR) is 168 cm³/mol. The van der Waals surface area contributed by atoms with Crippen molar-refractivity contribution in [1.82, 2.24) is 25.1 Å². The third-order valence-corrected chi connectivity index (χ3v) is 7.51. The third kappa shape index (κ3) is 8.85. The Labute approximate surface area is 259 Å². The summed E-state index contributed by atoms with van der Waals surface area (Å²) in [5.41, 5.74) is 2.07. The monoisotopic (exact) mass is 617 g/mol. The van der Waals surface area contributed by atoms with Crippen LogP contribution in [-0.2, 0) is 30.2 Å². The Kier molecular flexibility index (Phi) is 13.1. The van der Waals surface area contributed by atoms with E-state index < -0.39 is 0 Å². The van der Waals surface area contributed by atoms with Gasteiger partial charge in [0.25, 0.3) is 0 Å². The molecule has 1 fully saturated rings. The number of methoxy groups -OCH3 is 5. The second-order valence-electron chi connectivity index (χ2n) is 10.6. The molecule has 1 aliphatic rings. The van der Waals surface area contributed by atoms with E-state index in [0.29, 0.717) is 93.7 Å². The van der Waals surface area contributed by atoms with Gasteiger partial charge in [-0.2, -0.15) is 9.97 Å². The normalized spacial score (nSPS) is 14.0. The van der Waals surface area contributed by atoms with Crippen LogP contribution in [0.1, 0.15) is 24.3 Å². The average molecular weight is 618 g/mol. The summed E-state index contributed by atoms with van der Waals surface area (Å²) < 4.78 is 32.8. The van der Waals surface area contributed by atoms with Gasteiger partial charge in [-0.1, -0.05) is 5.16 Å². The van der Waals surface area contributed by atoms with Crippen LogP contribution < -0.4 is 20.0 Å². The lowest BCUT2D eigenvalue weighted by molar-refractivity contribution is 0.0818. The number of nitrogens with one attached hydrogen (secondary N) is 1. The molecule has 15 heteroatoms. The fourth-order valence-corrected chi connectivity index (χ4v) is 5.01. The van der Waals surface area contributed by atoms with Crippen LogP contribution in [0.3, 0.4) is 0 Å². The Balaban J connectivity index is 1.88. The van der Waals surface area contributed by atoms with Gasteiger partial charge < -0.3 is 48.2 Å². The van der Waals surface area contributed by atoms with Crippen LogP contribution in [-0.4, -0.2) is 132 Å². The molecule has 0 radical (unpaired) electrons. The van der Waals surface area contributed by atoms with Crippen LogP contribution in [0.15, 0.2) is 10.6 Å². The number of hydrogen-bond donors (Lipinski definition) is 1. The van der Waals surface area contributed by atoms with Gasteiger partial charge in [0.05, 0.1) is 44.8 Å². The molecule has 15 nitrogen and oxygen atoms in total. The van der Waals surface area contributed by atoms with Gasteiger partial charge in [0, 0.05) is 80.9 Å². The van der Waals surface area contributed by atoms with Crippen molar-refractivity contribution in [3.8, 4) is 0 Å². The van der Waals surface area contributed by atoms with Crippen molar-refractivity contribution in [3.05, 3.63) is 17.5 Å². The number of aromatic nitrogens is 5. The summed E-state index contributed by atoms with van der Waals surface area (Å²) >= 11 is 0. The Bertz CT molecular complexity index is 1270. The highest BCUT2D eigenvalue weighted by molar-refractivity contribution is 5.95. The molecule has 4 rings (SSSR count). The maximum Gasteiger partial charge on any atom is 0.228 e. The number of hydrogen-bond acceptors (Lipinski definition) is 15. The van der Waals surface area contributed by atoms with Crippen LogP contribution in [0.5, 0.6) is 0 Å². The first kappa shape index (κ1) is 33.5. The molecule has 0 bridgehead atoms. The van der Waals surface area contributed by atoms with Gasteiger partial charge in [0.2, 0.25) is 11.9 Å². The molecule has 4 heterocycles. The van der Waals surface area contributed by atoms with E-state index in [2.05, 4.69) is 25.2 Å². The summed E-state index contributed by atoms with van der Waals surface area (Å²) in [6.07, 6.45) is 1.98. The molecule has 1 N–H and O–H groups in total. The highest BCUT2D eigenvalue weighted by Crippen LogP contribution is 2.33. The van der Waals surface area contributed by atoms with Gasteiger partial charge in [-0.05, 0) is 19.8 Å². The van der Waals surface area contributed by atoms with Crippen LogP contribution in [0.2, 0.25) is 0 Å². The van der Waals surface area contributed by atoms with E-state index in [0.717, 1.165) is 37.4 Å². The van der Waals surface area contributed by atoms with Crippen LogP contribution in [0, 0.1) is 6.92 Å². The molecule has 1 aliphatic heterocycles. The molecular formula is C29H47N9O6. The Morgan fingerprint density at radius 2 is 1.34 bits per heavy atom. The molecule has 0 saturated carbocycles. The van der Waals surface area contributed by atoms with E-state index in [1.54, 1.807) is 35.5 Å². The lowest BCUT2D eigenvalue weighted by atomic mass is 10.1. The molecule has 0 aliphatic carbocycles. The zero-order valence-corrected chi connectivity index (χ0v) is 26.9. The summed E-state index contributed by atoms with van der Waals surface area (Å²) in [6, 6.07) is 1.89. The molecule has 44 heavy (non-hydrogen) atoms. The Morgan fingerprint density at radius 1 is 0.795 bits per heavy atom. The molecule has 0 amide bonds. The number of rotatable bonds is 19. The van der Waals surface area contributed by atoms with Crippen LogP contribution in [0.25, 0.3) is 11.0 Å². The number of nitrogens with zero attached hydrogens (tertiary/aromatic N) is 8. The first-order chi connectivity index (χ1) is 21.5. The van der Waals surface area contributed by atoms with Crippen molar-refractivity contribution in [3.63, 3.8) is 0 Å². The standard InChI is InChI=1S/C29H47N9O6/c1-21-19-23(44-35-21)20-30-26-24-25(32-28(33-26)37(11-15-39-2)12-16-40-3)27(36-9-7-22(43-6)8-10-36)34-29(31-24)38(13-17-41-4)14-18-42-5/h19,22H,7-18,20H2,1-6H3,(H,30,32,33). The molecule has 3 aromatic rings. The zero-order chi connectivity index (χ0) is 31.3. The smallest absolute Gasteiger partial charge is 0.228 e. The Hall–Kier alpha value is -3.37. The summed E-state index contributed by atoms with van der Waals surface area (Å²) in [5.74, 6) is 3.09. The molecule has 244 valence electrons. The van der Waals surface area contributed by atoms with E-state index >= 15 is 0 Å². The summed E-state index contributed by atoms with van der Waals surface area (Å²) in [4.78, 5) is 26.7. The van der Waals surface area contributed by atoms with Gasteiger partial charge >= 0.3 is 0 Å². The molecule has 1 saturated heterocycles. The number of fused-ring (bicyclic) bond motifs is 1. The van der Waals surface area contributed by atoms with E-state index in [1.165, 1.54) is 0 Å². The van der Waals surface area contributed by atoms with Crippen molar-refractivity contribution in [2.75, 3.05) is 121 Å². The van der Waals surface area contributed by atoms with Crippen molar-refractivity contribution >= 4 is 34.6 Å². The number of ether oxygens (including phenoxy) is 5. The molecule has 3 aromatic heterocycles. The van der Waals surface area contributed by atoms with E-state index in [9.17, 15) is 0 Å². The van der Waals surface area contributed by atoms with Crippen molar-refractivity contribution in [2.45, 2.75) is 32.4 Å². The van der Waals surface area contributed by atoms with Crippen molar-refractivity contribution in [1.29, 1.82) is 0 Å². The van der Waals surface area contributed by atoms with Crippen molar-refractivity contribution in [2.24, 2.45) is 0 Å². The van der Waals surface area contributed by atoms with Gasteiger partial charge in [-0.3, -0.25) is 0 Å². The molecule has 0 aromatic carbocycles. The SMILES string of the molecule is COCCN(CCOC)c1nc(N2CCC(OC)CC2)c2nc(N(CCOC)CCOC)nc(NCc3cc(C)no3)c2n1. The first-order valence-electron chi connectivity index (χ1n) is 15.0. The topological polar surface area (TPSA) is 145 Å². The van der Waals surface area contributed by atoms with Gasteiger partial charge in [0.1, 0.15) is 11.0 Å². The molecular weight excluding hydrogens is 570 g/mol. The summed E-state index contributed by atoms with van der Waals surface area (Å²) in [6.45, 7) is 8.20. The number of anilines is 4. The second kappa shape index (κ2) is 17.2. The van der Waals surface area contributed by atoms with Crippen molar-refractivity contribution < 1.29 is 28.2 Å². The molecule has 0 unspecified atom stereocenters. The molecule has 0 spiro atoms. The quantitative estimate of drug-likeness (QED) is 0.209. The number of piperidine rings is 1. The zero-order valence-electron chi connectivity index (χ0n) is 26.9. The average Bonchev–Trinajstić information content (AvgIpc) is 3.48. The second-order valence-corrected chi connectivity index (χ2v) is 10.6. The van der Waals surface area contributed by atoms with E-state index in [4.69, 9.17) is 48.1 Å². The highest BCUT2D eigenvalue weighted by Gasteiger charge is 2.27. The fourth-order valence-electron chi connectivity index (χ4n) is 5.01. The van der Waals surface area contributed by atoms with E-state index in [1.807, 2.05) is 13.0 Å². The predicted octanol–water partition coefficient (Wildman–Crippen LogP) is 2.14. The maximum atomic E-state index is 5.66. The Morgan fingerprint density at radius 3 is 1.84 bits per heavy atom. The minimum absolute atomic E-state index is 0.213. The van der Waals surface area contributed by atoms with Gasteiger partial charge in [-0.25, -0.2) is 9.97 Å². The van der Waals surface area contributed by atoms with Gasteiger partial charge in [0.15, 0.2) is 17.4 Å². The van der Waals surface area contributed by atoms with Gasteiger partial charge in [-0.15, -0.1) is 0 Å². The van der Waals surface area contributed by atoms with E-state index in [-0.39, 0.29) is 6.10 Å². The lowest BCUT2D eigenvalue weighted by Crippen LogP contribution is -2.38. The fraction of sp³-hybridized carbons (Fsp3) is 0.690.